The van der Waals surface area contributed by atoms with Crippen LogP contribution in [-0.2, 0) is 14.6 Å². The number of carbonyl (C=O) groups excluding carboxylic acids is 1. The predicted molar refractivity (Wildman–Crippen MR) is 109 cm³/mol. The molecule has 1 amide bonds. The van der Waals surface area contributed by atoms with Gasteiger partial charge in [-0.3, -0.25) is 4.79 Å². The highest BCUT2D eigenvalue weighted by Crippen LogP contribution is 2.25. The zero-order valence-electron chi connectivity index (χ0n) is 16.3. The fourth-order valence-electron chi connectivity index (χ4n) is 4.17. The molecule has 0 bridgehead atoms. The summed E-state index contributed by atoms with van der Waals surface area (Å²) in [7, 11) is -3.15. The molecule has 150 valence electrons. The highest BCUT2D eigenvalue weighted by Gasteiger charge is 2.25. The van der Waals surface area contributed by atoms with Crippen molar-refractivity contribution in [2.24, 2.45) is 5.92 Å². The van der Waals surface area contributed by atoms with E-state index < -0.39 is 9.84 Å². The number of piperidine rings is 1. The van der Waals surface area contributed by atoms with E-state index in [2.05, 4.69) is 10.2 Å². The number of nitrogens with zero attached hydrogens (tertiary/aromatic N) is 1. The summed E-state index contributed by atoms with van der Waals surface area (Å²) in [5.74, 6) is 0.585. The van der Waals surface area contributed by atoms with Crippen LogP contribution in [0, 0.1) is 5.92 Å². The molecule has 1 aliphatic carbocycles. The van der Waals surface area contributed by atoms with Gasteiger partial charge in [0.05, 0.1) is 10.6 Å². The van der Waals surface area contributed by atoms with E-state index in [0.29, 0.717) is 4.90 Å². The van der Waals surface area contributed by atoms with Crippen molar-refractivity contribution in [1.82, 2.24) is 5.32 Å². The number of hydrogen-bond acceptors (Lipinski definition) is 4. The summed E-state index contributed by atoms with van der Waals surface area (Å²) in [5.41, 5.74) is 1.05. The van der Waals surface area contributed by atoms with Crippen LogP contribution in [0.5, 0.6) is 0 Å². The van der Waals surface area contributed by atoms with E-state index in [1.165, 1.54) is 25.7 Å². The Labute approximate surface area is 163 Å². The zero-order valence-corrected chi connectivity index (χ0v) is 17.1. The monoisotopic (exact) mass is 392 g/mol. The molecule has 1 heterocycles. The normalized spacial score (nSPS) is 20.3. The smallest absolute Gasteiger partial charge is 0.223 e. The van der Waals surface area contributed by atoms with Gasteiger partial charge < -0.3 is 10.2 Å². The van der Waals surface area contributed by atoms with E-state index in [-0.39, 0.29) is 23.6 Å². The van der Waals surface area contributed by atoms with Gasteiger partial charge in [0.25, 0.3) is 0 Å². The van der Waals surface area contributed by atoms with E-state index in [0.717, 1.165) is 44.5 Å². The first kappa shape index (κ1) is 20.2. The molecule has 1 aliphatic heterocycles. The summed E-state index contributed by atoms with van der Waals surface area (Å²) in [6.45, 7) is 3.43. The third kappa shape index (κ3) is 5.24. The number of sulfone groups is 1. The average Bonchev–Trinajstić information content (AvgIpc) is 2.98. The number of carbonyl (C=O) groups is 1. The first-order chi connectivity index (χ1) is 13.0. The minimum Gasteiger partial charge on any atom is -0.371 e. The Hall–Kier alpha value is -1.56. The summed E-state index contributed by atoms with van der Waals surface area (Å²) >= 11 is 0. The number of amides is 1. The maximum absolute atomic E-state index is 12.5. The standard InChI is InChI=1S/C21H32N2O3S/c1-2-27(25,26)20-11-9-19(10-12-20)23-15-13-18(14-16-23)22-21(24)17-7-5-3-4-6-8-17/h9-12,17-18H,2-8,13-16H2,1H3,(H,22,24). The van der Waals surface area contributed by atoms with Crippen molar-refractivity contribution in [3.8, 4) is 0 Å². The van der Waals surface area contributed by atoms with Crippen LogP contribution >= 0.6 is 0 Å². The SMILES string of the molecule is CCS(=O)(=O)c1ccc(N2CCC(NC(=O)C3CCCCCC3)CC2)cc1. The number of anilines is 1. The topological polar surface area (TPSA) is 66.5 Å². The van der Waals surface area contributed by atoms with Gasteiger partial charge in [0, 0.05) is 30.7 Å². The van der Waals surface area contributed by atoms with Gasteiger partial charge in [0.15, 0.2) is 9.84 Å². The molecule has 0 atom stereocenters. The summed E-state index contributed by atoms with van der Waals surface area (Å²) in [6.07, 6.45) is 8.85. The zero-order chi connectivity index (χ0) is 19.3. The maximum atomic E-state index is 12.5. The van der Waals surface area contributed by atoms with E-state index in [4.69, 9.17) is 0 Å². The molecule has 0 radical (unpaired) electrons. The van der Waals surface area contributed by atoms with Crippen molar-refractivity contribution in [2.75, 3.05) is 23.7 Å². The fraction of sp³-hybridized carbons (Fsp3) is 0.667. The second kappa shape index (κ2) is 9.09. The Balaban J connectivity index is 1.50. The lowest BCUT2D eigenvalue weighted by molar-refractivity contribution is -0.126. The van der Waals surface area contributed by atoms with Gasteiger partial charge in [-0.05, 0) is 49.9 Å². The number of nitrogens with one attached hydrogen (secondary N) is 1. The molecule has 2 aliphatic rings. The molecule has 1 saturated carbocycles. The van der Waals surface area contributed by atoms with E-state index in [9.17, 15) is 13.2 Å². The van der Waals surface area contributed by atoms with Gasteiger partial charge in [0.2, 0.25) is 5.91 Å². The van der Waals surface area contributed by atoms with Crippen molar-refractivity contribution in [3.05, 3.63) is 24.3 Å². The van der Waals surface area contributed by atoms with Crippen LogP contribution in [0.4, 0.5) is 5.69 Å². The molecule has 0 spiro atoms. The highest BCUT2D eigenvalue weighted by molar-refractivity contribution is 7.91. The number of hydrogen-bond donors (Lipinski definition) is 1. The molecule has 0 unspecified atom stereocenters. The largest absolute Gasteiger partial charge is 0.371 e. The van der Waals surface area contributed by atoms with Crippen molar-refractivity contribution >= 4 is 21.4 Å². The predicted octanol–water partition coefficient (Wildman–Crippen LogP) is 3.54. The van der Waals surface area contributed by atoms with Crippen LogP contribution in [0.1, 0.15) is 58.3 Å². The highest BCUT2D eigenvalue weighted by atomic mass is 32.2. The summed E-state index contributed by atoms with van der Waals surface area (Å²) in [6, 6.07) is 7.46. The van der Waals surface area contributed by atoms with Crippen molar-refractivity contribution in [3.63, 3.8) is 0 Å². The Morgan fingerprint density at radius 1 is 1.00 bits per heavy atom. The van der Waals surface area contributed by atoms with E-state index in [1.54, 1.807) is 19.1 Å². The molecular weight excluding hydrogens is 360 g/mol. The molecule has 6 heteroatoms. The molecule has 3 rings (SSSR count). The fourth-order valence-corrected chi connectivity index (χ4v) is 5.06. The Morgan fingerprint density at radius 3 is 2.15 bits per heavy atom. The molecule has 1 aromatic rings. The molecule has 1 N–H and O–H groups in total. The molecule has 1 saturated heterocycles. The number of benzene rings is 1. The minimum atomic E-state index is -3.15. The first-order valence-corrected chi connectivity index (χ1v) is 12.0. The molecule has 5 nitrogen and oxygen atoms in total. The van der Waals surface area contributed by atoms with E-state index in [1.807, 2.05) is 12.1 Å². The third-order valence-electron chi connectivity index (χ3n) is 6.01. The first-order valence-electron chi connectivity index (χ1n) is 10.4. The average molecular weight is 393 g/mol. The van der Waals surface area contributed by atoms with Crippen LogP contribution in [0.15, 0.2) is 29.2 Å². The van der Waals surface area contributed by atoms with Gasteiger partial charge in [-0.1, -0.05) is 32.6 Å². The molecular formula is C21H32N2O3S. The van der Waals surface area contributed by atoms with Gasteiger partial charge in [0.1, 0.15) is 0 Å². The minimum absolute atomic E-state index is 0.123. The molecule has 0 aromatic heterocycles. The number of rotatable bonds is 5. The second-order valence-electron chi connectivity index (χ2n) is 7.86. The Morgan fingerprint density at radius 2 is 1.59 bits per heavy atom. The molecule has 1 aromatic carbocycles. The third-order valence-corrected chi connectivity index (χ3v) is 7.76. The van der Waals surface area contributed by atoms with E-state index >= 15 is 0 Å². The van der Waals surface area contributed by atoms with Crippen molar-refractivity contribution < 1.29 is 13.2 Å². The van der Waals surface area contributed by atoms with Gasteiger partial charge in [-0.2, -0.15) is 0 Å². The lowest BCUT2D eigenvalue weighted by atomic mass is 9.97. The van der Waals surface area contributed by atoms with Crippen LogP contribution in [0.3, 0.4) is 0 Å². The lowest BCUT2D eigenvalue weighted by Crippen LogP contribution is -2.46. The van der Waals surface area contributed by atoms with Crippen molar-refractivity contribution in [1.29, 1.82) is 0 Å². The summed E-state index contributed by atoms with van der Waals surface area (Å²) in [5, 5.41) is 3.28. The maximum Gasteiger partial charge on any atom is 0.223 e. The molecule has 2 fully saturated rings. The van der Waals surface area contributed by atoms with Gasteiger partial charge >= 0.3 is 0 Å². The van der Waals surface area contributed by atoms with Crippen molar-refractivity contribution in [2.45, 2.75) is 69.2 Å². The van der Waals surface area contributed by atoms with Crippen LogP contribution < -0.4 is 10.2 Å². The quantitative estimate of drug-likeness (QED) is 0.779. The Bertz CT molecular complexity index is 714. The van der Waals surface area contributed by atoms with Crippen LogP contribution in [-0.4, -0.2) is 39.2 Å². The lowest BCUT2D eigenvalue weighted by Gasteiger charge is -2.34. The summed E-state index contributed by atoms with van der Waals surface area (Å²) < 4.78 is 23.9. The van der Waals surface area contributed by atoms with Gasteiger partial charge in [-0.15, -0.1) is 0 Å². The van der Waals surface area contributed by atoms with Gasteiger partial charge in [-0.25, -0.2) is 8.42 Å². The molecule has 27 heavy (non-hydrogen) atoms. The second-order valence-corrected chi connectivity index (χ2v) is 10.1. The summed E-state index contributed by atoms with van der Waals surface area (Å²) in [4.78, 5) is 15.2. The Kier molecular flexibility index (Phi) is 6.79. The van der Waals surface area contributed by atoms with Crippen LogP contribution in [0.2, 0.25) is 0 Å². The van der Waals surface area contributed by atoms with Crippen LogP contribution in [0.25, 0.3) is 0 Å².